The average Bonchev–Trinajstić information content (AvgIpc) is 2.59. The second kappa shape index (κ2) is 3.97. The van der Waals surface area contributed by atoms with Crippen LogP contribution in [0.3, 0.4) is 0 Å². The molecule has 0 amide bonds. The molecule has 14 heavy (non-hydrogen) atoms. The van der Waals surface area contributed by atoms with Crippen LogP contribution in [0.25, 0.3) is 0 Å². The van der Waals surface area contributed by atoms with E-state index in [0.29, 0.717) is 10.7 Å². The molecular weight excluding hydrogens is 264 g/mol. The molecular formula is C9H9Cl4N. The monoisotopic (exact) mass is 271 g/mol. The predicted molar refractivity (Wildman–Crippen MR) is 64.9 cm³/mol. The molecule has 2 rings (SSSR count). The fraction of sp³-hybridized carbons (Fsp3) is 0.333. The number of anilines is 1. The van der Waals surface area contributed by atoms with Gasteiger partial charge in [0.15, 0.2) is 0 Å². The molecule has 0 aliphatic heterocycles. The SMILES string of the molecule is Cl.Nc1ccc(C2CC2(Cl)Cl)c(Cl)c1. The summed E-state index contributed by atoms with van der Waals surface area (Å²) in [5.74, 6) is 0.156. The van der Waals surface area contributed by atoms with Gasteiger partial charge in [-0.15, -0.1) is 35.6 Å². The Morgan fingerprint density at radius 1 is 1.36 bits per heavy atom. The molecule has 0 radical (unpaired) electrons. The molecule has 1 aromatic rings. The number of rotatable bonds is 1. The van der Waals surface area contributed by atoms with Crippen molar-refractivity contribution >= 4 is 52.9 Å². The summed E-state index contributed by atoms with van der Waals surface area (Å²) < 4.78 is -0.625. The van der Waals surface area contributed by atoms with Crippen molar-refractivity contribution in [2.24, 2.45) is 0 Å². The molecule has 0 bridgehead atoms. The molecule has 5 heteroatoms. The molecule has 0 saturated heterocycles. The highest BCUT2D eigenvalue weighted by atomic mass is 35.5. The third kappa shape index (κ3) is 2.22. The zero-order chi connectivity index (χ0) is 9.64. The Bertz CT molecular complexity index is 351. The van der Waals surface area contributed by atoms with Crippen LogP contribution in [0.4, 0.5) is 5.69 Å². The first-order valence-corrected chi connectivity index (χ1v) is 5.07. The minimum absolute atomic E-state index is 0. The second-order valence-corrected chi connectivity index (χ2v) is 5.25. The Kier molecular flexibility index (Phi) is 3.48. The van der Waals surface area contributed by atoms with Gasteiger partial charge in [-0.25, -0.2) is 0 Å². The van der Waals surface area contributed by atoms with E-state index >= 15 is 0 Å². The van der Waals surface area contributed by atoms with E-state index in [9.17, 15) is 0 Å². The smallest absolute Gasteiger partial charge is 0.126 e. The number of benzene rings is 1. The number of alkyl halides is 2. The zero-order valence-corrected chi connectivity index (χ0v) is 10.2. The van der Waals surface area contributed by atoms with Gasteiger partial charge in [-0.2, -0.15) is 0 Å². The molecule has 1 fully saturated rings. The van der Waals surface area contributed by atoms with Crippen molar-refractivity contribution in [1.82, 2.24) is 0 Å². The lowest BCUT2D eigenvalue weighted by Crippen LogP contribution is -1.92. The molecule has 0 heterocycles. The quantitative estimate of drug-likeness (QED) is 0.607. The van der Waals surface area contributed by atoms with Crippen molar-refractivity contribution < 1.29 is 0 Å². The number of hydrogen-bond acceptors (Lipinski definition) is 1. The van der Waals surface area contributed by atoms with E-state index in [0.717, 1.165) is 12.0 Å². The van der Waals surface area contributed by atoms with Gasteiger partial charge in [0.1, 0.15) is 4.33 Å². The van der Waals surface area contributed by atoms with E-state index in [1.54, 1.807) is 6.07 Å². The van der Waals surface area contributed by atoms with Gasteiger partial charge in [-0.05, 0) is 24.1 Å². The van der Waals surface area contributed by atoms with Gasteiger partial charge in [-0.1, -0.05) is 17.7 Å². The summed E-state index contributed by atoms with van der Waals surface area (Å²) in [5.41, 5.74) is 7.21. The van der Waals surface area contributed by atoms with Crippen LogP contribution in [-0.4, -0.2) is 4.33 Å². The van der Waals surface area contributed by atoms with Crippen molar-refractivity contribution in [3.63, 3.8) is 0 Å². The lowest BCUT2D eigenvalue weighted by molar-refractivity contribution is 1.11. The van der Waals surface area contributed by atoms with Crippen LogP contribution in [0.1, 0.15) is 17.9 Å². The molecule has 1 atom stereocenters. The summed E-state index contributed by atoms with van der Waals surface area (Å²) in [6.07, 6.45) is 0.764. The largest absolute Gasteiger partial charge is 0.399 e. The molecule has 78 valence electrons. The maximum Gasteiger partial charge on any atom is 0.126 e. The fourth-order valence-corrected chi connectivity index (χ4v) is 2.24. The molecule has 1 unspecified atom stereocenters. The minimum atomic E-state index is -0.625. The number of halogens is 4. The number of hydrogen-bond donors (Lipinski definition) is 1. The van der Waals surface area contributed by atoms with Crippen LogP contribution in [0.15, 0.2) is 18.2 Å². The van der Waals surface area contributed by atoms with Gasteiger partial charge in [-0.3, -0.25) is 0 Å². The summed E-state index contributed by atoms with van der Waals surface area (Å²) in [4.78, 5) is 0. The minimum Gasteiger partial charge on any atom is -0.399 e. The van der Waals surface area contributed by atoms with Crippen LogP contribution >= 0.6 is 47.2 Å². The van der Waals surface area contributed by atoms with Crippen molar-refractivity contribution in [3.05, 3.63) is 28.8 Å². The summed E-state index contributed by atoms with van der Waals surface area (Å²) >= 11 is 17.9. The van der Waals surface area contributed by atoms with Gasteiger partial charge < -0.3 is 5.73 Å². The normalized spacial score (nSPS) is 22.6. The highest BCUT2D eigenvalue weighted by molar-refractivity contribution is 6.51. The Morgan fingerprint density at radius 2 is 1.93 bits per heavy atom. The first-order valence-electron chi connectivity index (χ1n) is 3.93. The molecule has 1 aromatic carbocycles. The van der Waals surface area contributed by atoms with Crippen LogP contribution in [0.5, 0.6) is 0 Å². The standard InChI is InChI=1S/C9H8Cl3N.ClH/c10-8-3-5(13)1-2-6(8)7-4-9(7,11)12;/h1-3,7H,4,13H2;1H. The van der Waals surface area contributed by atoms with E-state index in [2.05, 4.69) is 0 Å². The van der Waals surface area contributed by atoms with Crippen molar-refractivity contribution in [3.8, 4) is 0 Å². The highest BCUT2D eigenvalue weighted by Crippen LogP contribution is 2.60. The van der Waals surface area contributed by atoms with Gasteiger partial charge >= 0.3 is 0 Å². The summed E-state index contributed by atoms with van der Waals surface area (Å²) in [6.45, 7) is 0. The molecule has 1 aliphatic rings. The molecule has 1 nitrogen and oxygen atoms in total. The van der Waals surface area contributed by atoms with Gasteiger partial charge in [0.2, 0.25) is 0 Å². The molecule has 0 aromatic heterocycles. The molecule has 1 saturated carbocycles. The van der Waals surface area contributed by atoms with E-state index in [1.807, 2.05) is 12.1 Å². The molecule has 2 N–H and O–H groups in total. The maximum absolute atomic E-state index is 5.99. The van der Waals surface area contributed by atoms with Crippen molar-refractivity contribution in [2.75, 3.05) is 5.73 Å². The second-order valence-electron chi connectivity index (χ2n) is 3.30. The Morgan fingerprint density at radius 3 is 2.36 bits per heavy atom. The molecule has 1 aliphatic carbocycles. The van der Waals surface area contributed by atoms with Crippen LogP contribution < -0.4 is 5.73 Å². The van der Waals surface area contributed by atoms with E-state index in [1.165, 1.54) is 0 Å². The molecule has 0 spiro atoms. The van der Waals surface area contributed by atoms with Gasteiger partial charge in [0.25, 0.3) is 0 Å². The Hall–Kier alpha value is 0.180. The summed E-state index contributed by atoms with van der Waals surface area (Å²) in [6, 6.07) is 5.41. The zero-order valence-electron chi connectivity index (χ0n) is 7.14. The predicted octanol–water partition coefficient (Wildman–Crippen LogP) is 4.01. The van der Waals surface area contributed by atoms with E-state index < -0.39 is 4.33 Å². The third-order valence-corrected chi connectivity index (χ3v) is 3.39. The van der Waals surface area contributed by atoms with Gasteiger partial charge in [0, 0.05) is 16.6 Å². The Balaban J connectivity index is 0.000000980. The Labute approximate surface area is 104 Å². The highest BCUT2D eigenvalue weighted by Gasteiger charge is 2.53. The first-order chi connectivity index (χ1) is 6.00. The number of nitrogens with two attached hydrogens (primary N) is 1. The van der Waals surface area contributed by atoms with Crippen LogP contribution in [0, 0.1) is 0 Å². The van der Waals surface area contributed by atoms with Crippen molar-refractivity contribution in [2.45, 2.75) is 16.7 Å². The van der Waals surface area contributed by atoms with Crippen molar-refractivity contribution in [1.29, 1.82) is 0 Å². The van der Waals surface area contributed by atoms with E-state index in [-0.39, 0.29) is 18.3 Å². The summed E-state index contributed by atoms with van der Waals surface area (Å²) in [5, 5.41) is 0.646. The van der Waals surface area contributed by atoms with Crippen LogP contribution in [0.2, 0.25) is 5.02 Å². The van der Waals surface area contributed by atoms with Crippen LogP contribution in [-0.2, 0) is 0 Å². The topological polar surface area (TPSA) is 26.0 Å². The first kappa shape index (κ1) is 12.3. The van der Waals surface area contributed by atoms with E-state index in [4.69, 9.17) is 40.5 Å². The maximum atomic E-state index is 5.99. The average molecular weight is 273 g/mol. The number of nitrogen functional groups attached to an aromatic ring is 1. The van der Waals surface area contributed by atoms with Gasteiger partial charge in [0.05, 0.1) is 0 Å². The fourth-order valence-electron chi connectivity index (χ4n) is 1.38. The lowest BCUT2D eigenvalue weighted by Gasteiger charge is -2.04. The third-order valence-electron chi connectivity index (χ3n) is 2.23. The summed E-state index contributed by atoms with van der Waals surface area (Å²) in [7, 11) is 0. The lowest BCUT2D eigenvalue weighted by atomic mass is 10.1.